The van der Waals surface area contributed by atoms with E-state index in [0.717, 1.165) is 21.2 Å². The normalized spacial score (nSPS) is 14.4. The van der Waals surface area contributed by atoms with Gasteiger partial charge in [-0.15, -0.1) is 0 Å². The summed E-state index contributed by atoms with van der Waals surface area (Å²) in [5.74, 6) is 0.460. The predicted octanol–water partition coefficient (Wildman–Crippen LogP) is 5.70. The van der Waals surface area contributed by atoms with E-state index in [0.29, 0.717) is 12.4 Å². The SMILES string of the molecule is CCOC(=O)Cc1ccccc1OC1c2ccccc2-c2ccc(Br)cc21. The summed E-state index contributed by atoms with van der Waals surface area (Å²) in [6.07, 6.45) is -0.0129. The number of halogens is 1. The Kier molecular flexibility index (Phi) is 4.99. The average molecular weight is 423 g/mol. The number of rotatable bonds is 5. The topological polar surface area (TPSA) is 35.5 Å². The van der Waals surface area contributed by atoms with Crippen LogP contribution in [0.5, 0.6) is 5.75 Å². The van der Waals surface area contributed by atoms with Gasteiger partial charge in [-0.1, -0.05) is 64.5 Å². The van der Waals surface area contributed by atoms with E-state index in [2.05, 4.69) is 40.2 Å². The molecule has 4 heteroatoms. The van der Waals surface area contributed by atoms with E-state index in [1.165, 1.54) is 11.1 Å². The molecule has 0 fully saturated rings. The molecule has 1 aliphatic rings. The Labute approximate surface area is 167 Å². The zero-order chi connectivity index (χ0) is 18.8. The Hall–Kier alpha value is -2.59. The van der Waals surface area contributed by atoms with E-state index in [1.54, 1.807) is 0 Å². The third-order valence-electron chi connectivity index (χ3n) is 4.69. The molecule has 1 atom stereocenters. The van der Waals surface area contributed by atoms with Crippen molar-refractivity contribution in [2.45, 2.75) is 19.4 Å². The van der Waals surface area contributed by atoms with Crippen molar-refractivity contribution in [1.29, 1.82) is 0 Å². The van der Waals surface area contributed by atoms with Gasteiger partial charge in [0.25, 0.3) is 0 Å². The molecule has 0 heterocycles. The van der Waals surface area contributed by atoms with E-state index in [4.69, 9.17) is 9.47 Å². The lowest BCUT2D eigenvalue weighted by molar-refractivity contribution is -0.142. The molecule has 0 saturated heterocycles. The minimum absolute atomic E-state index is 0.198. The van der Waals surface area contributed by atoms with Crippen molar-refractivity contribution in [2.75, 3.05) is 6.61 Å². The van der Waals surface area contributed by atoms with Crippen LogP contribution in [0.25, 0.3) is 11.1 Å². The van der Waals surface area contributed by atoms with Crippen LogP contribution in [0.1, 0.15) is 29.7 Å². The second-order valence-corrected chi connectivity index (χ2v) is 7.32. The number of benzene rings is 3. The standard InChI is InChI=1S/C23H19BrO3/c1-2-26-22(25)13-15-7-3-6-10-21(15)27-23-19-9-5-4-8-17(19)18-12-11-16(24)14-20(18)23/h3-12,14,23H,2,13H2,1H3. The molecule has 0 radical (unpaired) electrons. The first kappa shape index (κ1) is 17.8. The fourth-order valence-corrected chi connectivity index (χ4v) is 3.90. The number of para-hydroxylation sites is 1. The molecule has 0 amide bonds. The Bertz CT molecular complexity index is 996. The first-order valence-electron chi connectivity index (χ1n) is 8.96. The highest BCUT2D eigenvalue weighted by Crippen LogP contribution is 2.46. The van der Waals surface area contributed by atoms with Crippen LogP contribution < -0.4 is 4.74 Å². The molecule has 0 N–H and O–H groups in total. The highest BCUT2D eigenvalue weighted by Gasteiger charge is 2.30. The van der Waals surface area contributed by atoms with Gasteiger partial charge >= 0.3 is 5.97 Å². The van der Waals surface area contributed by atoms with Gasteiger partial charge in [0.05, 0.1) is 13.0 Å². The molecular weight excluding hydrogens is 404 g/mol. The summed E-state index contributed by atoms with van der Waals surface area (Å²) in [5.41, 5.74) is 5.46. The van der Waals surface area contributed by atoms with Gasteiger partial charge in [0.1, 0.15) is 5.75 Å². The first-order chi connectivity index (χ1) is 13.2. The zero-order valence-electron chi connectivity index (χ0n) is 14.9. The van der Waals surface area contributed by atoms with Gasteiger partial charge in [0.2, 0.25) is 0 Å². The molecule has 0 aliphatic heterocycles. The van der Waals surface area contributed by atoms with Crippen LogP contribution in [0.2, 0.25) is 0 Å². The highest BCUT2D eigenvalue weighted by molar-refractivity contribution is 9.10. The summed E-state index contributed by atoms with van der Waals surface area (Å²) in [6.45, 7) is 2.18. The number of carbonyl (C=O) groups excluding carboxylic acids is 1. The molecule has 0 saturated carbocycles. The Morgan fingerprint density at radius 3 is 2.56 bits per heavy atom. The van der Waals surface area contributed by atoms with Gasteiger partial charge in [-0.25, -0.2) is 0 Å². The van der Waals surface area contributed by atoms with Crippen LogP contribution in [0.4, 0.5) is 0 Å². The number of carbonyl (C=O) groups is 1. The highest BCUT2D eigenvalue weighted by atomic mass is 79.9. The largest absolute Gasteiger partial charge is 0.481 e. The summed E-state index contributed by atoms with van der Waals surface area (Å²) in [5, 5.41) is 0. The Balaban J connectivity index is 1.72. The maximum atomic E-state index is 12.0. The van der Waals surface area contributed by atoms with Crippen molar-refractivity contribution in [1.82, 2.24) is 0 Å². The van der Waals surface area contributed by atoms with Gasteiger partial charge in [-0.3, -0.25) is 4.79 Å². The molecule has 0 aromatic heterocycles. The molecule has 0 bridgehead atoms. The van der Waals surface area contributed by atoms with Gasteiger partial charge in [0, 0.05) is 21.2 Å². The van der Waals surface area contributed by atoms with E-state index in [1.807, 2.05) is 49.4 Å². The monoisotopic (exact) mass is 422 g/mol. The second kappa shape index (κ2) is 7.57. The molecule has 1 aliphatic carbocycles. The number of hydrogen-bond acceptors (Lipinski definition) is 3. The molecule has 1 unspecified atom stereocenters. The van der Waals surface area contributed by atoms with E-state index in [9.17, 15) is 4.79 Å². The van der Waals surface area contributed by atoms with Crippen molar-refractivity contribution in [3.05, 3.63) is 87.9 Å². The number of ether oxygens (including phenoxy) is 2. The summed E-state index contributed by atoms with van der Waals surface area (Å²) in [7, 11) is 0. The smallest absolute Gasteiger partial charge is 0.310 e. The van der Waals surface area contributed by atoms with Crippen LogP contribution in [0.15, 0.2) is 71.2 Å². The fourth-order valence-electron chi connectivity index (χ4n) is 3.52. The minimum Gasteiger partial charge on any atom is -0.481 e. The lowest BCUT2D eigenvalue weighted by Gasteiger charge is -2.19. The summed E-state index contributed by atoms with van der Waals surface area (Å²) < 4.78 is 12.6. The van der Waals surface area contributed by atoms with Gasteiger partial charge in [-0.2, -0.15) is 0 Å². The molecule has 0 spiro atoms. The number of fused-ring (bicyclic) bond motifs is 3. The second-order valence-electron chi connectivity index (χ2n) is 6.41. The summed E-state index contributed by atoms with van der Waals surface area (Å²) in [6, 6.07) is 22.2. The third-order valence-corrected chi connectivity index (χ3v) is 5.18. The molecular formula is C23H19BrO3. The van der Waals surface area contributed by atoms with Crippen LogP contribution in [0, 0.1) is 0 Å². The zero-order valence-corrected chi connectivity index (χ0v) is 16.5. The third kappa shape index (κ3) is 3.50. The Morgan fingerprint density at radius 1 is 0.963 bits per heavy atom. The molecule has 3 aromatic rings. The number of hydrogen-bond donors (Lipinski definition) is 0. The van der Waals surface area contributed by atoms with Crippen LogP contribution >= 0.6 is 15.9 Å². The van der Waals surface area contributed by atoms with Crippen molar-refractivity contribution >= 4 is 21.9 Å². The molecule has 3 aromatic carbocycles. The maximum Gasteiger partial charge on any atom is 0.310 e. The number of esters is 1. The van der Waals surface area contributed by atoms with Gasteiger partial charge < -0.3 is 9.47 Å². The first-order valence-corrected chi connectivity index (χ1v) is 9.75. The maximum absolute atomic E-state index is 12.0. The summed E-state index contributed by atoms with van der Waals surface area (Å²) >= 11 is 3.57. The van der Waals surface area contributed by atoms with Gasteiger partial charge in [0.15, 0.2) is 6.10 Å². The van der Waals surface area contributed by atoms with Crippen LogP contribution in [0.3, 0.4) is 0 Å². The Morgan fingerprint density at radius 2 is 1.70 bits per heavy atom. The van der Waals surface area contributed by atoms with Crippen molar-refractivity contribution in [3.8, 4) is 16.9 Å². The van der Waals surface area contributed by atoms with Crippen LogP contribution in [-0.4, -0.2) is 12.6 Å². The molecule has 27 heavy (non-hydrogen) atoms. The lowest BCUT2D eigenvalue weighted by atomic mass is 10.1. The lowest BCUT2D eigenvalue weighted by Crippen LogP contribution is -2.11. The predicted molar refractivity (Wildman–Crippen MR) is 109 cm³/mol. The quantitative estimate of drug-likeness (QED) is 0.494. The summed E-state index contributed by atoms with van der Waals surface area (Å²) in [4.78, 5) is 12.0. The molecule has 136 valence electrons. The van der Waals surface area contributed by atoms with Crippen molar-refractivity contribution < 1.29 is 14.3 Å². The molecule has 4 rings (SSSR count). The van der Waals surface area contributed by atoms with E-state index < -0.39 is 0 Å². The van der Waals surface area contributed by atoms with Gasteiger partial charge in [-0.05, 0) is 36.2 Å². The minimum atomic E-state index is -0.247. The van der Waals surface area contributed by atoms with Crippen molar-refractivity contribution in [2.24, 2.45) is 0 Å². The van der Waals surface area contributed by atoms with E-state index in [-0.39, 0.29) is 18.5 Å². The van der Waals surface area contributed by atoms with Crippen molar-refractivity contribution in [3.63, 3.8) is 0 Å². The molecule has 3 nitrogen and oxygen atoms in total. The average Bonchev–Trinajstić information content (AvgIpc) is 2.97. The van der Waals surface area contributed by atoms with E-state index >= 15 is 0 Å². The van der Waals surface area contributed by atoms with Crippen LogP contribution in [-0.2, 0) is 16.0 Å². The fraction of sp³-hybridized carbons (Fsp3) is 0.174.